The number of rotatable bonds is 4. The van der Waals surface area contributed by atoms with Gasteiger partial charge in [-0.25, -0.2) is 4.98 Å². The standard InChI is InChI=1S/C20H27N3OS/c1-14(2)16-5-7-17(8-6-16)19-21-13-18(25-19)20(24)23-11-9-22(10-12-23)15(3)4/h5-8,13-15H,9-12H2,1-4H3. The minimum atomic E-state index is 0.117. The molecule has 134 valence electrons. The van der Waals surface area contributed by atoms with Crippen LogP contribution in [0.5, 0.6) is 0 Å². The van der Waals surface area contributed by atoms with Crippen LogP contribution in [-0.2, 0) is 0 Å². The Bertz CT molecular complexity index is 713. The molecule has 1 aliphatic rings. The molecule has 1 amide bonds. The normalized spacial score (nSPS) is 16.0. The van der Waals surface area contributed by atoms with Crippen molar-refractivity contribution in [2.75, 3.05) is 26.2 Å². The first-order chi connectivity index (χ1) is 12.0. The van der Waals surface area contributed by atoms with E-state index in [2.05, 4.69) is 61.8 Å². The molecular weight excluding hydrogens is 330 g/mol. The highest BCUT2D eigenvalue weighted by Crippen LogP contribution is 2.27. The summed E-state index contributed by atoms with van der Waals surface area (Å²) in [5.41, 5.74) is 2.40. The monoisotopic (exact) mass is 357 g/mol. The molecule has 1 aliphatic heterocycles. The Balaban J connectivity index is 1.68. The fourth-order valence-electron chi connectivity index (χ4n) is 3.11. The number of hydrogen-bond donors (Lipinski definition) is 0. The third-order valence-electron chi connectivity index (χ3n) is 4.87. The molecule has 1 fully saturated rings. The van der Waals surface area contributed by atoms with Crippen LogP contribution >= 0.6 is 11.3 Å². The van der Waals surface area contributed by atoms with Gasteiger partial charge < -0.3 is 4.90 Å². The van der Waals surface area contributed by atoms with E-state index >= 15 is 0 Å². The molecule has 4 nitrogen and oxygen atoms in total. The molecule has 1 aromatic carbocycles. The molecule has 0 spiro atoms. The molecule has 25 heavy (non-hydrogen) atoms. The van der Waals surface area contributed by atoms with Crippen LogP contribution in [0.15, 0.2) is 30.5 Å². The van der Waals surface area contributed by atoms with Crippen LogP contribution in [0.1, 0.15) is 48.8 Å². The zero-order valence-corrected chi connectivity index (χ0v) is 16.3. The summed E-state index contributed by atoms with van der Waals surface area (Å²) >= 11 is 1.49. The van der Waals surface area contributed by atoms with Crippen molar-refractivity contribution < 1.29 is 4.79 Å². The van der Waals surface area contributed by atoms with Crippen molar-refractivity contribution in [3.8, 4) is 10.6 Å². The first kappa shape index (κ1) is 18.1. The summed E-state index contributed by atoms with van der Waals surface area (Å²) in [6.45, 7) is 12.3. The van der Waals surface area contributed by atoms with Crippen LogP contribution in [0.2, 0.25) is 0 Å². The quantitative estimate of drug-likeness (QED) is 0.826. The Kier molecular flexibility index (Phi) is 5.54. The molecule has 3 rings (SSSR count). The van der Waals surface area contributed by atoms with Crippen LogP contribution in [0.25, 0.3) is 10.6 Å². The molecule has 5 heteroatoms. The van der Waals surface area contributed by atoms with Gasteiger partial charge in [0, 0.05) is 37.8 Å². The number of carbonyl (C=O) groups is 1. The van der Waals surface area contributed by atoms with Crippen LogP contribution in [0.4, 0.5) is 0 Å². The van der Waals surface area contributed by atoms with Gasteiger partial charge in [0.05, 0.1) is 6.20 Å². The average Bonchev–Trinajstić information content (AvgIpc) is 3.11. The number of amides is 1. The van der Waals surface area contributed by atoms with E-state index in [9.17, 15) is 4.79 Å². The number of carbonyl (C=O) groups excluding carboxylic acids is 1. The van der Waals surface area contributed by atoms with Crippen molar-refractivity contribution in [3.05, 3.63) is 40.9 Å². The Labute approximate surface area is 154 Å². The third-order valence-corrected chi connectivity index (χ3v) is 5.91. The van der Waals surface area contributed by atoms with Crippen LogP contribution < -0.4 is 0 Å². The maximum absolute atomic E-state index is 12.7. The van der Waals surface area contributed by atoms with Crippen molar-refractivity contribution in [2.45, 2.75) is 39.7 Å². The lowest BCUT2D eigenvalue weighted by Gasteiger charge is -2.36. The second kappa shape index (κ2) is 7.67. The van der Waals surface area contributed by atoms with Crippen molar-refractivity contribution in [2.24, 2.45) is 0 Å². The smallest absolute Gasteiger partial charge is 0.265 e. The Morgan fingerprint density at radius 3 is 2.24 bits per heavy atom. The maximum atomic E-state index is 12.7. The number of benzene rings is 1. The van der Waals surface area contributed by atoms with Crippen molar-refractivity contribution >= 4 is 17.2 Å². The van der Waals surface area contributed by atoms with Gasteiger partial charge in [0.25, 0.3) is 5.91 Å². The fraction of sp³-hybridized carbons (Fsp3) is 0.500. The molecular formula is C20H27N3OS. The molecule has 0 N–H and O–H groups in total. The number of aromatic nitrogens is 1. The molecule has 0 atom stereocenters. The average molecular weight is 358 g/mol. The lowest BCUT2D eigenvalue weighted by atomic mass is 10.0. The molecule has 0 bridgehead atoms. The minimum absolute atomic E-state index is 0.117. The van der Waals surface area contributed by atoms with E-state index in [-0.39, 0.29) is 5.91 Å². The molecule has 1 saturated heterocycles. The summed E-state index contributed by atoms with van der Waals surface area (Å²) in [6, 6.07) is 9.04. The number of piperazine rings is 1. The Morgan fingerprint density at radius 1 is 1.04 bits per heavy atom. The number of nitrogens with zero attached hydrogens (tertiary/aromatic N) is 3. The lowest BCUT2D eigenvalue weighted by Crippen LogP contribution is -2.50. The second-order valence-corrected chi connectivity index (χ2v) is 8.26. The van der Waals surface area contributed by atoms with E-state index in [1.165, 1.54) is 16.9 Å². The van der Waals surface area contributed by atoms with Gasteiger partial charge in [-0.15, -0.1) is 11.3 Å². The van der Waals surface area contributed by atoms with Gasteiger partial charge in [-0.2, -0.15) is 0 Å². The molecule has 0 aliphatic carbocycles. The Morgan fingerprint density at radius 2 is 1.68 bits per heavy atom. The predicted molar refractivity (Wildman–Crippen MR) is 104 cm³/mol. The number of hydrogen-bond acceptors (Lipinski definition) is 4. The summed E-state index contributed by atoms with van der Waals surface area (Å²) < 4.78 is 0. The summed E-state index contributed by atoms with van der Waals surface area (Å²) in [5, 5.41) is 0.916. The maximum Gasteiger partial charge on any atom is 0.265 e. The molecule has 0 saturated carbocycles. The van der Waals surface area contributed by atoms with E-state index < -0.39 is 0 Å². The van der Waals surface area contributed by atoms with Gasteiger partial charge in [-0.05, 0) is 25.3 Å². The summed E-state index contributed by atoms with van der Waals surface area (Å²) in [4.78, 5) is 22.3. The van der Waals surface area contributed by atoms with Gasteiger partial charge in [0.15, 0.2) is 0 Å². The second-order valence-electron chi connectivity index (χ2n) is 7.23. The summed E-state index contributed by atoms with van der Waals surface area (Å²) in [6.07, 6.45) is 1.73. The summed E-state index contributed by atoms with van der Waals surface area (Å²) in [7, 11) is 0. The van der Waals surface area contributed by atoms with E-state index in [0.29, 0.717) is 12.0 Å². The predicted octanol–water partition coefficient (Wildman–Crippen LogP) is 4.10. The van der Waals surface area contributed by atoms with Gasteiger partial charge >= 0.3 is 0 Å². The zero-order valence-electron chi connectivity index (χ0n) is 15.5. The molecule has 1 aromatic heterocycles. The van der Waals surface area contributed by atoms with Gasteiger partial charge in [0.1, 0.15) is 9.88 Å². The minimum Gasteiger partial charge on any atom is -0.335 e. The van der Waals surface area contributed by atoms with Crippen molar-refractivity contribution in [1.29, 1.82) is 0 Å². The van der Waals surface area contributed by atoms with Crippen LogP contribution in [-0.4, -0.2) is 52.9 Å². The topological polar surface area (TPSA) is 36.4 Å². The fourth-order valence-corrected chi connectivity index (χ4v) is 4.00. The Hall–Kier alpha value is -1.72. The van der Waals surface area contributed by atoms with E-state index in [1.54, 1.807) is 6.20 Å². The first-order valence-electron chi connectivity index (χ1n) is 9.05. The summed E-state index contributed by atoms with van der Waals surface area (Å²) in [5.74, 6) is 0.637. The highest BCUT2D eigenvalue weighted by molar-refractivity contribution is 7.16. The van der Waals surface area contributed by atoms with E-state index in [4.69, 9.17) is 0 Å². The van der Waals surface area contributed by atoms with Crippen molar-refractivity contribution in [1.82, 2.24) is 14.8 Å². The van der Waals surface area contributed by atoms with E-state index in [0.717, 1.165) is 41.6 Å². The molecule has 0 radical (unpaired) electrons. The van der Waals surface area contributed by atoms with Crippen LogP contribution in [0, 0.1) is 0 Å². The molecule has 0 unspecified atom stereocenters. The van der Waals surface area contributed by atoms with Gasteiger partial charge in [-0.3, -0.25) is 9.69 Å². The zero-order chi connectivity index (χ0) is 18.0. The van der Waals surface area contributed by atoms with Crippen molar-refractivity contribution in [3.63, 3.8) is 0 Å². The molecule has 2 aromatic rings. The highest BCUT2D eigenvalue weighted by atomic mass is 32.1. The SMILES string of the molecule is CC(C)c1ccc(-c2ncc(C(=O)N3CCN(C(C)C)CC3)s2)cc1. The van der Waals surface area contributed by atoms with E-state index in [1.807, 2.05) is 4.90 Å². The number of thiazole rings is 1. The third kappa shape index (κ3) is 4.10. The van der Waals surface area contributed by atoms with Crippen LogP contribution in [0.3, 0.4) is 0 Å². The largest absolute Gasteiger partial charge is 0.335 e. The van der Waals surface area contributed by atoms with Gasteiger partial charge in [0.2, 0.25) is 0 Å². The highest BCUT2D eigenvalue weighted by Gasteiger charge is 2.24. The van der Waals surface area contributed by atoms with Gasteiger partial charge in [-0.1, -0.05) is 38.1 Å². The first-order valence-corrected chi connectivity index (χ1v) is 9.87. The molecule has 2 heterocycles. The lowest BCUT2D eigenvalue weighted by molar-refractivity contribution is 0.0600.